The minimum Gasteiger partial charge on any atom is -0.477 e. The van der Waals surface area contributed by atoms with Crippen molar-refractivity contribution in [3.05, 3.63) is 35.5 Å². The molecule has 0 bridgehead atoms. The number of nitrogens with zero attached hydrogens (tertiary/aromatic N) is 1. The number of carboxylic acids is 1. The molecule has 82 valence electrons. The predicted octanol–water partition coefficient (Wildman–Crippen LogP) is 2.08. The van der Waals surface area contributed by atoms with Crippen molar-refractivity contribution >= 4 is 22.7 Å². The maximum Gasteiger partial charge on any atom is 0.353 e. The SMILES string of the molecule is CC(=O)c1c(C(=O)O)n(C)c2ccccc12. The molecule has 0 radical (unpaired) electrons. The van der Waals surface area contributed by atoms with Gasteiger partial charge in [0.1, 0.15) is 5.69 Å². The zero-order valence-electron chi connectivity index (χ0n) is 9.02. The minimum atomic E-state index is -1.08. The molecule has 1 heterocycles. The molecule has 0 aliphatic carbocycles. The molecule has 4 nitrogen and oxygen atoms in total. The van der Waals surface area contributed by atoms with Crippen LogP contribution >= 0.6 is 0 Å². The number of para-hydroxylation sites is 1. The third-order valence-corrected chi connectivity index (χ3v) is 2.66. The average molecular weight is 217 g/mol. The van der Waals surface area contributed by atoms with E-state index in [1.807, 2.05) is 6.07 Å². The summed E-state index contributed by atoms with van der Waals surface area (Å²) in [6.45, 7) is 1.38. The topological polar surface area (TPSA) is 59.3 Å². The van der Waals surface area contributed by atoms with Gasteiger partial charge in [0, 0.05) is 18.0 Å². The van der Waals surface area contributed by atoms with E-state index in [4.69, 9.17) is 5.11 Å². The summed E-state index contributed by atoms with van der Waals surface area (Å²) in [4.78, 5) is 22.7. The Hall–Kier alpha value is -2.10. The number of aromatic nitrogens is 1. The van der Waals surface area contributed by atoms with E-state index in [-0.39, 0.29) is 17.0 Å². The molecule has 0 saturated heterocycles. The molecule has 0 aliphatic heterocycles. The fourth-order valence-corrected chi connectivity index (χ4v) is 2.00. The molecule has 2 aromatic rings. The summed E-state index contributed by atoms with van der Waals surface area (Å²) < 4.78 is 1.54. The quantitative estimate of drug-likeness (QED) is 0.783. The van der Waals surface area contributed by atoms with Crippen molar-refractivity contribution in [1.82, 2.24) is 4.57 Å². The summed E-state index contributed by atoms with van der Waals surface area (Å²) in [6.07, 6.45) is 0. The van der Waals surface area contributed by atoms with Crippen LogP contribution in [0.5, 0.6) is 0 Å². The van der Waals surface area contributed by atoms with Crippen LogP contribution < -0.4 is 0 Å². The van der Waals surface area contributed by atoms with E-state index in [0.717, 1.165) is 5.52 Å². The number of benzene rings is 1. The number of ketones is 1. The molecule has 0 fully saturated rings. The monoisotopic (exact) mass is 217 g/mol. The number of hydrogen-bond donors (Lipinski definition) is 1. The second-order valence-electron chi connectivity index (χ2n) is 3.66. The molecular weight excluding hydrogens is 206 g/mol. The lowest BCUT2D eigenvalue weighted by Crippen LogP contribution is -2.09. The summed E-state index contributed by atoms with van der Waals surface area (Å²) in [6, 6.07) is 7.17. The summed E-state index contributed by atoms with van der Waals surface area (Å²) in [5, 5.41) is 9.81. The van der Waals surface area contributed by atoms with Gasteiger partial charge < -0.3 is 9.67 Å². The Morgan fingerprint density at radius 1 is 1.25 bits per heavy atom. The molecule has 0 unspecified atom stereocenters. The molecule has 1 aromatic heterocycles. The third kappa shape index (κ3) is 1.31. The van der Waals surface area contributed by atoms with E-state index in [1.165, 1.54) is 11.5 Å². The van der Waals surface area contributed by atoms with E-state index in [1.54, 1.807) is 25.2 Å². The van der Waals surface area contributed by atoms with Gasteiger partial charge in [0.2, 0.25) is 0 Å². The van der Waals surface area contributed by atoms with Crippen LogP contribution in [-0.4, -0.2) is 21.4 Å². The molecule has 0 spiro atoms. The molecule has 0 amide bonds. The highest BCUT2D eigenvalue weighted by molar-refractivity contribution is 6.14. The highest BCUT2D eigenvalue weighted by Crippen LogP contribution is 2.25. The third-order valence-electron chi connectivity index (χ3n) is 2.66. The molecule has 0 saturated carbocycles. The molecular formula is C12H11NO3. The Bertz CT molecular complexity index is 596. The minimum absolute atomic E-state index is 0.0497. The first-order valence-electron chi connectivity index (χ1n) is 4.85. The number of fused-ring (bicyclic) bond motifs is 1. The predicted molar refractivity (Wildman–Crippen MR) is 59.9 cm³/mol. The van der Waals surface area contributed by atoms with Gasteiger partial charge in [-0.3, -0.25) is 4.79 Å². The fraction of sp³-hybridized carbons (Fsp3) is 0.167. The Kier molecular flexibility index (Phi) is 2.27. The first-order valence-corrected chi connectivity index (χ1v) is 4.85. The highest BCUT2D eigenvalue weighted by Gasteiger charge is 2.22. The summed E-state index contributed by atoms with van der Waals surface area (Å²) in [7, 11) is 1.65. The molecule has 2 rings (SSSR count). The highest BCUT2D eigenvalue weighted by atomic mass is 16.4. The van der Waals surface area contributed by atoms with Gasteiger partial charge in [0.05, 0.1) is 5.56 Å². The van der Waals surface area contributed by atoms with Crippen LogP contribution in [0, 0.1) is 0 Å². The van der Waals surface area contributed by atoms with Crippen molar-refractivity contribution in [3.8, 4) is 0 Å². The first-order chi connectivity index (χ1) is 7.54. The molecule has 0 aliphatic rings. The van der Waals surface area contributed by atoms with E-state index < -0.39 is 5.97 Å². The molecule has 16 heavy (non-hydrogen) atoms. The summed E-state index contributed by atoms with van der Waals surface area (Å²) >= 11 is 0. The van der Waals surface area contributed by atoms with Gasteiger partial charge in [-0.2, -0.15) is 0 Å². The largest absolute Gasteiger partial charge is 0.477 e. The molecule has 0 atom stereocenters. The van der Waals surface area contributed by atoms with Gasteiger partial charge in [-0.05, 0) is 13.0 Å². The van der Waals surface area contributed by atoms with E-state index >= 15 is 0 Å². The van der Waals surface area contributed by atoms with Gasteiger partial charge >= 0.3 is 5.97 Å². The number of rotatable bonds is 2. The second-order valence-corrected chi connectivity index (χ2v) is 3.66. The van der Waals surface area contributed by atoms with E-state index in [0.29, 0.717) is 5.39 Å². The van der Waals surface area contributed by atoms with Crippen LogP contribution in [0.25, 0.3) is 10.9 Å². The number of Topliss-reactive ketones (excluding diaryl/α,β-unsaturated/α-hetero) is 1. The Labute approximate surface area is 92.1 Å². The normalized spacial score (nSPS) is 10.6. The van der Waals surface area contributed by atoms with E-state index in [2.05, 4.69) is 0 Å². The van der Waals surface area contributed by atoms with Gasteiger partial charge in [0.25, 0.3) is 0 Å². The number of aromatic carboxylic acids is 1. The second kappa shape index (κ2) is 3.48. The van der Waals surface area contributed by atoms with Crippen LogP contribution in [0.1, 0.15) is 27.8 Å². The zero-order chi connectivity index (χ0) is 11.9. The standard InChI is InChI=1S/C12H11NO3/c1-7(14)10-8-5-3-4-6-9(8)13(2)11(10)12(15)16/h3-6H,1-2H3,(H,15,16). The average Bonchev–Trinajstić information content (AvgIpc) is 2.53. The van der Waals surface area contributed by atoms with Crippen LogP contribution in [-0.2, 0) is 7.05 Å². The maximum atomic E-state index is 11.5. The first kappa shape index (κ1) is 10.4. The van der Waals surface area contributed by atoms with Crippen molar-refractivity contribution in [2.45, 2.75) is 6.92 Å². The lowest BCUT2D eigenvalue weighted by Gasteiger charge is -1.99. The fourth-order valence-electron chi connectivity index (χ4n) is 2.00. The number of aryl methyl sites for hydroxylation is 1. The van der Waals surface area contributed by atoms with Crippen LogP contribution in [0.4, 0.5) is 0 Å². The molecule has 4 heteroatoms. The lowest BCUT2D eigenvalue weighted by atomic mass is 10.1. The summed E-state index contributed by atoms with van der Waals surface area (Å²) in [5.41, 5.74) is 1.09. The molecule has 1 aromatic carbocycles. The lowest BCUT2D eigenvalue weighted by molar-refractivity contribution is 0.0682. The Balaban J connectivity index is 2.97. The van der Waals surface area contributed by atoms with Crippen LogP contribution in [0.3, 0.4) is 0 Å². The number of carbonyl (C=O) groups excluding carboxylic acids is 1. The maximum absolute atomic E-state index is 11.5. The number of hydrogen-bond acceptors (Lipinski definition) is 2. The van der Waals surface area contributed by atoms with Crippen LogP contribution in [0.15, 0.2) is 24.3 Å². The number of carboxylic acid groups (broad SMARTS) is 1. The van der Waals surface area contributed by atoms with E-state index in [9.17, 15) is 9.59 Å². The van der Waals surface area contributed by atoms with Gasteiger partial charge in [-0.1, -0.05) is 18.2 Å². The Morgan fingerprint density at radius 3 is 2.44 bits per heavy atom. The smallest absolute Gasteiger partial charge is 0.353 e. The van der Waals surface area contributed by atoms with Gasteiger partial charge in [0.15, 0.2) is 5.78 Å². The van der Waals surface area contributed by atoms with Crippen molar-refractivity contribution < 1.29 is 14.7 Å². The van der Waals surface area contributed by atoms with Crippen molar-refractivity contribution in [3.63, 3.8) is 0 Å². The van der Waals surface area contributed by atoms with Crippen molar-refractivity contribution in [2.75, 3.05) is 0 Å². The van der Waals surface area contributed by atoms with Gasteiger partial charge in [-0.15, -0.1) is 0 Å². The molecule has 1 N–H and O–H groups in total. The zero-order valence-corrected chi connectivity index (χ0v) is 9.02. The van der Waals surface area contributed by atoms with Gasteiger partial charge in [-0.25, -0.2) is 4.79 Å². The van der Waals surface area contributed by atoms with Crippen LogP contribution in [0.2, 0.25) is 0 Å². The number of carbonyl (C=O) groups is 2. The Morgan fingerprint density at radius 2 is 1.88 bits per heavy atom. The van der Waals surface area contributed by atoms with Crippen molar-refractivity contribution in [2.24, 2.45) is 7.05 Å². The van der Waals surface area contributed by atoms with Crippen molar-refractivity contribution in [1.29, 1.82) is 0 Å². The summed E-state index contributed by atoms with van der Waals surface area (Å²) in [5.74, 6) is -1.31.